The molecule has 1 amide bonds. The first-order valence-electron chi connectivity index (χ1n) is 6.65. The summed E-state index contributed by atoms with van der Waals surface area (Å²) in [6.07, 6.45) is 5.02. The number of nitrogens with one attached hydrogen (secondary N) is 2. The van der Waals surface area contributed by atoms with Crippen molar-refractivity contribution in [1.29, 1.82) is 0 Å². The number of ketones is 1. The lowest BCUT2D eigenvalue weighted by molar-refractivity contribution is 0.0940. The van der Waals surface area contributed by atoms with Crippen molar-refractivity contribution in [2.24, 2.45) is 0 Å². The summed E-state index contributed by atoms with van der Waals surface area (Å²) in [7, 11) is 0. The van der Waals surface area contributed by atoms with E-state index in [0.717, 1.165) is 12.8 Å². The number of carbonyl (C=O) groups excluding carboxylic acids is 2. The third kappa shape index (κ3) is 3.12. The van der Waals surface area contributed by atoms with Gasteiger partial charge in [0.25, 0.3) is 5.91 Å². The zero-order chi connectivity index (χ0) is 14.4. The van der Waals surface area contributed by atoms with Gasteiger partial charge in [-0.1, -0.05) is 31.5 Å². The molecule has 5 nitrogen and oxygen atoms in total. The molecule has 0 aliphatic rings. The molecule has 2 aromatic rings. The molecular weight excluding hydrogens is 254 g/mol. The lowest BCUT2D eigenvalue weighted by Crippen LogP contribution is -2.26. The van der Waals surface area contributed by atoms with Crippen LogP contribution < -0.4 is 5.32 Å². The maximum absolute atomic E-state index is 12.3. The van der Waals surface area contributed by atoms with Crippen LogP contribution in [0.5, 0.6) is 0 Å². The van der Waals surface area contributed by atoms with Crippen molar-refractivity contribution in [3.05, 3.63) is 53.6 Å². The molecule has 0 saturated carbocycles. The van der Waals surface area contributed by atoms with Crippen molar-refractivity contribution in [2.45, 2.75) is 19.8 Å². The molecule has 0 aliphatic carbocycles. The molecule has 2 rings (SSSR count). The van der Waals surface area contributed by atoms with Crippen molar-refractivity contribution in [2.75, 3.05) is 6.54 Å². The standard InChI is InChI=1S/C15H17N3O2/c1-2-3-8-18-15(20)12-7-5-4-6-11(12)13(19)14-16-9-10-17-14/h4-7,9-10H,2-3,8H2,1H3,(H,16,17)(H,18,20). The lowest BCUT2D eigenvalue weighted by atomic mass is 10.0. The molecule has 0 atom stereocenters. The van der Waals surface area contributed by atoms with Crippen LogP contribution in [0.1, 0.15) is 46.3 Å². The van der Waals surface area contributed by atoms with Gasteiger partial charge >= 0.3 is 0 Å². The number of rotatable bonds is 6. The fraction of sp³-hybridized carbons (Fsp3) is 0.267. The fourth-order valence-electron chi connectivity index (χ4n) is 1.87. The van der Waals surface area contributed by atoms with Crippen LogP contribution in [0, 0.1) is 0 Å². The maximum Gasteiger partial charge on any atom is 0.252 e. The first-order valence-corrected chi connectivity index (χ1v) is 6.65. The molecule has 104 valence electrons. The van der Waals surface area contributed by atoms with Gasteiger partial charge in [-0.05, 0) is 12.5 Å². The van der Waals surface area contributed by atoms with Crippen molar-refractivity contribution < 1.29 is 9.59 Å². The van der Waals surface area contributed by atoms with E-state index in [-0.39, 0.29) is 17.5 Å². The van der Waals surface area contributed by atoms with Gasteiger partial charge in [0.05, 0.1) is 5.56 Å². The summed E-state index contributed by atoms with van der Waals surface area (Å²) in [6, 6.07) is 6.77. The van der Waals surface area contributed by atoms with Crippen LogP contribution in [0.3, 0.4) is 0 Å². The largest absolute Gasteiger partial charge is 0.352 e. The number of hydrogen-bond acceptors (Lipinski definition) is 3. The Kier molecular flexibility index (Phi) is 4.65. The Balaban J connectivity index is 2.22. The Bertz CT molecular complexity index is 591. The van der Waals surface area contributed by atoms with Crippen molar-refractivity contribution in [1.82, 2.24) is 15.3 Å². The topological polar surface area (TPSA) is 74.8 Å². The van der Waals surface area contributed by atoms with E-state index in [4.69, 9.17) is 0 Å². The Morgan fingerprint density at radius 1 is 1.25 bits per heavy atom. The molecule has 0 spiro atoms. The van der Waals surface area contributed by atoms with Gasteiger partial charge in [0.1, 0.15) is 0 Å². The Labute approximate surface area is 117 Å². The second-order valence-corrected chi connectivity index (χ2v) is 4.42. The van der Waals surface area contributed by atoms with Gasteiger partial charge in [-0.25, -0.2) is 4.98 Å². The van der Waals surface area contributed by atoms with Gasteiger partial charge in [0, 0.05) is 24.5 Å². The summed E-state index contributed by atoms with van der Waals surface area (Å²) in [6.45, 7) is 2.67. The second-order valence-electron chi connectivity index (χ2n) is 4.42. The van der Waals surface area contributed by atoms with Crippen LogP contribution in [-0.4, -0.2) is 28.2 Å². The first kappa shape index (κ1) is 14.0. The Morgan fingerprint density at radius 3 is 2.65 bits per heavy atom. The van der Waals surface area contributed by atoms with Crippen molar-refractivity contribution in [3.63, 3.8) is 0 Å². The van der Waals surface area contributed by atoms with E-state index in [2.05, 4.69) is 22.2 Å². The molecule has 0 bridgehead atoms. The maximum atomic E-state index is 12.3. The predicted octanol–water partition coefficient (Wildman–Crippen LogP) is 2.17. The summed E-state index contributed by atoms with van der Waals surface area (Å²) in [5, 5.41) is 2.82. The highest BCUT2D eigenvalue weighted by atomic mass is 16.2. The molecule has 0 unspecified atom stereocenters. The van der Waals surface area contributed by atoms with Crippen LogP contribution >= 0.6 is 0 Å². The van der Waals surface area contributed by atoms with E-state index in [9.17, 15) is 9.59 Å². The SMILES string of the molecule is CCCCNC(=O)c1ccccc1C(=O)c1ncc[nH]1. The highest BCUT2D eigenvalue weighted by Gasteiger charge is 2.18. The third-order valence-electron chi connectivity index (χ3n) is 2.95. The normalized spacial score (nSPS) is 10.2. The van der Waals surface area contributed by atoms with Crippen LogP contribution in [0.15, 0.2) is 36.7 Å². The Hall–Kier alpha value is -2.43. The molecule has 20 heavy (non-hydrogen) atoms. The van der Waals surface area contributed by atoms with E-state index < -0.39 is 0 Å². The van der Waals surface area contributed by atoms with Crippen LogP contribution in [0.2, 0.25) is 0 Å². The van der Waals surface area contributed by atoms with Gasteiger partial charge < -0.3 is 10.3 Å². The minimum Gasteiger partial charge on any atom is -0.352 e. The first-order chi connectivity index (χ1) is 9.74. The molecule has 0 saturated heterocycles. The smallest absolute Gasteiger partial charge is 0.252 e. The Morgan fingerprint density at radius 2 is 2.00 bits per heavy atom. The molecule has 2 N–H and O–H groups in total. The summed E-state index contributed by atoms with van der Waals surface area (Å²) in [5.74, 6) is -0.274. The molecule has 0 radical (unpaired) electrons. The fourth-order valence-corrected chi connectivity index (χ4v) is 1.87. The van der Waals surface area contributed by atoms with E-state index >= 15 is 0 Å². The number of hydrogen-bond donors (Lipinski definition) is 2. The summed E-state index contributed by atoms with van der Waals surface area (Å²) in [4.78, 5) is 31.1. The van der Waals surface area contributed by atoms with Gasteiger partial charge in [-0.3, -0.25) is 9.59 Å². The van der Waals surface area contributed by atoms with Gasteiger partial charge in [-0.15, -0.1) is 0 Å². The van der Waals surface area contributed by atoms with Gasteiger partial charge in [0.15, 0.2) is 5.82 Å². The molecular formula is C15H17N3O2. The monoisotopic (exact) mass is 271 g/mol. The zero-order valence-electron chi connectivity index (χ0n) is 11.3. The van der Waals surface area contributed by atoms with Gasteiger partial charge in [-0.2, -0.15) is 0 Å². The molecule has 1 aromatic carbocycles. The number of nitrogens with zero attached hydrogens (tertiary/aromatic N) is 1. The van der Waals surface area contributed by atoms with Crippen LogP contribution in [0.4, 0.5) is 0 Å². The van der Waals surface area contributed by atoms with Crippen molar-refractivity contribution in [3.8, 4) is 0 Å². The van der Waals surface area contributed by atoms with Crippen molar-refractivity contribution >= 4 is 11.7 Å². The highest BCUT2D eigenvalue weighted by Crippen LogP contribution is 2.12. The lowest BCUT2D eigenvalue weighted by Gasteiger charge is -2.08. The number of aromatic amines is 1. The van der Waals surface area contributed by atoms with Crippen LogP contribution in [0.25, 0.3) is 0 Å². The minimum atomic E-state index is -0.281. The number of unbranched alkanes of at least 4 members (excludes halogenated alkanes) is 1. The summed E-state index contributed by atoms with van der Waals surface area (Å²) in [5.41, 5.74) is 0.737. The number of aromatic nitrogens is 2. The van der Waals surface area contributed by atoms with E-state index in [1.165, 1.54) is 6.20 Å². The highest BCUT2D eigenvalue weighted by molar-refractivity contribution is 6.13. The quantitative estimate of drug-likeness (QED) is 0.624. The van der Waals surface area contributed by atoms with Gasteiger partial charge in [0.2, 0.25) is 5.78 Å². The molecule has 5 heteroatoms. The number of imidazole rings is 1. The minimum absolute atomic E-state index is 0.228. The number of amides is 1. The second kappa shape index (κ2) is 6.65. The molecule has 0 fully saturated rings. The van der Waals surface area contributed by atoms with E-state index in [1.807, 2.05) is 0 Å². The molecule has 1 heterocycles. The van der Waals surface area contributed by atoms with E-state index in [1.54, 1.807) is 30.5 Å². The zero-order valence-corrected chi connectivity index (χ0v) is 11.3. The average Bonchev–Trinajstić information content (AvgIpc) is 3.01. The summed E-state index contributed by atoms with van der Waals surface area (Å²) >= 11 is 0. The summed E-state index contributed by atoms with van der Waals surface area (Å²) < 4.78 is 0. The molecule has 1 aromatic heterocycles. The van der Waals surface area contributed by atoms with Crippen LogP contribution in [-0.2, 0) is 0 Å². The number of benzene rings is 1. The third-order valence-corrected chi connectivity index (χ3v) is 2.95. The van der Waals surface area contributed by atoms with E-state index in [0.29, 0.717) is 17.7 Å². The molecule has 0 aliphatic heterocycles. The number of H-pyrrole nitrogens is 1. The predicted molar refractivity (Wildman–Crippen MR) is 75.7 cm³/mol. The number of carbonyl (C=O) groups is 2. The average molecular weight is 271 g/mol.